The van der Waals surface area contributed by atoms with Gasteiger partial charge in [0.2, 0.25) is 0 Å². The zero-order valence-corrected chi connectivity index (χ0v) is 16.6. The summed E-state index contributed by atoms with van der Waals surface area (Å²) in [5.74, 6) is 3.06. The van der Waals surface area contributed by atoms with E-state index in [0.29, 0.717) is 12.0 Å². The van der Waals surface area contributed by atoms with E-state index < -0.39 is 0 Å². The van der Waals surface area contributed by atoms with Gasteiger partial charge in [-0.3, -0.25) is 10.4 Å². The van der Waals surface area contributed by atoms with E-state index in [1.807, 2.05) is 0 Å². The summed E-state index contributed by atoms with van der Waals surface area (Å²) in [6, 6.07) is 0.500. The number of aliphatic imine (C=N–C) groups is 1. The van der Waals surface area contributed by atoms with Crippen LogP contribution in [0.1, 0.15) is 51.9 Å². The number of nitrogens with zero attached hydrogens (tertiary/aromatic N) is 3. The third-order valence-corrected chi connectivity index (χ3v) is 6.00. The van der Waals surface area contributed by atoms with Gasteiger partial charge in [0, 0.05) is 26.2 Å². The van der Waals surface area contributed by atoms with E-state index in [0.717, 1.165) is 56.9 Å². The fourth-order valence-corrected chi connectivity index (χ4v) is 4.29. The molecular formula is C18H36N6S. The summed E-state index contributed by atoms with van der Waals surface area (Å²) in [4.78, 5) is 9.04. The highest BCUT2D eigenvalue weighted by molar-refractivity contribution is 7.59. The lowest BCUT2D eigenvalue weighted by atomic mass is 9.82. The Morgan fingerprint density at radius 1 is 1.24 bits per heavy atom. The molecule has 0 amide bonds. The minimum absolute atomic E-state index is 0. The lowest BCUT2D eigenvalue weighted by Crippen LogP contribution is -2.44. The summed E-state index contributed by atoms with van der Waals surface area (Å²) < 4.78 is 0. The molecule has 0 unspecified atom stereocenters. The molecule has 4 N–H and O–H groups in total. The summed E-state index contributed by atoms with van der Waals surface area (Å²) in [6.45, 7) is 7.24. The summed E-state index contributed by atoms with van der Waals surface area (Å²) in [7, 11) is 0. The van der Waals surface area contributed by atoms with E-state index in [1.54, 1.807) is 0 Å². The number of guanidine groups is 2. The zero-order chi connectivity index (χ0) is 16.9. The predicted octanol–water partition coefficient (Wildman–Crippen LogP) is 1.93. The quantitative estimate of drug-likeness (QED) is 0.600. The van der Waals surface area contributed by atoms with Crippen LogP contribution in [-0.2, 0) is 0 Å². The third-order valence-electron chi connectivity index (χ3n) is 6.00. The zero-order valence-electron chi connectivity index (χ0n) is 15.6. The second-order valence-electron chi connectivity index (χ2n) is 7.89. The normalized spacial score (nSPS) is 29.4. The molecule has 2 heterocycles. The Labute approximate surface area is 159 Å². The molecule has 6 nitrogen and oxygen atoms in total. The van der Waals surface area contributed by atoms with Gasteiger partial charge >= 0.3 is 0 Å². The van der Waals surface area contributed by atoms with Gasteiger partial charge in [0.25, 0.3) is 0 Å². The molecular weight excluding hydrogens is 332 g/mol. The van der Waals surface area contributed by atoms with Gasteiger partial charge in [0.1, 0.15) is 0 Å². The van der Waals surface area contributed by atoms with Gasteiger partial charge in [-0.25, -0.2) is 0 Å². The average Bonchev–Trinajstić information content (AvgIpc) is 3.13. The van der Waals surface area contributed by atoms with Crippen molar-refractivity contribution < 1.29 is 0 Å². The first-order valence-electron chi connectivity index (χ1n) is 9.77. The minimum atomic E-state index is 0. The number of rotatable bonds is 7. The van der Waals surface area contributed by atoms with E-state index in [4.69, 9.17) is 11.1 Å². The molecule has 0 aromatic heterocycles. The molecule has 1 aliphatic carbocycles. The van der Waals surface area contributed by atoms with Crippen LogP contribution in [0.3, 0.4) is 0 Å². The Hall–Kier alpha value is -1.11. The van der Waals surface area contributed by atoms with Crippen LogP contribution in [0, 0.1) is 17.2 Å². The van der Waals surface area contributed by atoms with E-state index in [1.165, 1.54) is 38.5 Å². The predicted molar refractivity (Wildman–Crippen MR) is 110 cm³/mol. The second kappa shape index (κ2) is 9.55. The maximum Gasteiger partial charge on any atom is 0.191 e. The van der Waals surface area contributed by atoms with Crippen molar-refractivity contribution in [2.24, 2.45) is 22.6 Å². The molecule has 2 aliphatic heterocycles. The van der Waals surface area contributed by atoms with Crippen LogP contribution in [0.15, 0.2) is 4.99 Å². The molecule has 1 atom stereocenters. The summed E-state index contributed by atoms with van der Waals surface area (Å²) in [6.07, 6.45) is 8.95. The SMILES string of the molecule is CC1CCC(CN2C(N)=NC[C@@H]2CCCCN2CCNC2=N)CC1.S. The van der Waals surface area contributed by atoms with Gasteiger partial charge in [0.05, 0.1) is 12.6 Å². The maximum atomic E-state index is 7.80. The number of nitrogens with two attached hydrogens (primary N) is 1. The first-order valence-corrected chi connectivity index (χ1v) is 9.77. The molecule has 144 valence electrons. The van der Waals surface area contributed by atoms with Crippen molar-refractivity contribution in [3.05, 3.63) is 0 Å². The fourth-order valence-electron chi connectivity index (χ4n) is 4.29. The van der Waals surface area contributed by atoms with Crippen molar-refractivity contribution in [1.82, 2.24) is 15.1 Å². The highest BCUT2D eigenvalue weighted by Gasteiger charge is 2.29. The van der Waals surface area contributed by atoms with Crippen LogP contribution < -0.4 is 11.1 Å². The molecule has 7 heteroatoms. The largest absolute Gasteiger partial charge is 0.370 e. The second-order valence-corrected chi connectivity index (χ2v) is 7.89. The summed E-state index contributed by atoms with van der Waals surface area (Å²) in [5.41, 5.74) is 6.17. The molecule has 3 rings (SSSR count). The fraction of sp³-hybridized carbons (Fsp3) is 0.889. The van der Waals surface area contributed by atoms with E-state index in [9.17, 15) is 0 Å². The van der Waals surface area contributed by atoms with Crippen molar-refractivity contribution in [3.63, 3.8) is 0 Å². The monoisotopic (exact) mass is 368 g/mol. The lowest BCUT2D eigenvalue weighted by Gasteiger charge is -2.33. The number of hydrogen-bond acceptors (Lipinski definition) is 4. The molecule has 0 radical (unpaired) electrons. The molecule has 2 fully saturated rings. The lowest BCUT2D eigenvalue weighted by molar-refractivity contribution is 0.211. The minimum Gasteiger partial charge on any atom is -0.370 e. The Morgan fingerprint density at radius 2 is 2.00 bits per heavy atom. The van der Waals surface area contributed by atoms with Crippen LogP contribution in [0.5, 0.6) is 0 Å². The Morgan fingerprint density at radius 3 is 2.68 bits per heavy atom. The smallest absolute Gasteiger partial charge is 0.191 e. The Kier molecular flexibility index (Phi) is 7.72. The topological polar surface area (TPSA) is 80.7 Å². The summed E-state index contributed by atoms with van der Waals surface area (Å²) >= 11 is 0. The maximum absolute atomic E-state index is 7.80. The first-order chi connectivity index (χ1) is 11.6. The van der Waals surface area contributed by atoms with Crippen LogP contribution in [0.4, 0.5) is 0 Å². The first kappa shape index (κ1) is 20.2. The van der Waals surface area contributed by atoms with Crippen LogP contribution in [0.2, 0.25) is 0 Å². The molecule has 1 saturated carbocycles. The standard InChI is InChI=1S/C18H34N6.H2S/c1-14-5-7-15(8-6-14)13-24-16(12-22-18(24)20)4-2-3-10-23-11-9-21-17(23)19;/h14-16H,2-13H2,1H3,(H2,19,21)(H2,20,22);1H2/t14?,15?,16-;/m0./s1. The molecule has 0 bridgehead atoms. The van der Waals surface area contributed by atoms with Crippen molar-refractivity contribution >= 4 is 25.4 Å². The Balaban J connectivity index is 0.00000225. The van der Waals surface area contributed by atoms with Crippen LogP contribution in [-0.4, -0.2) is 60.5 Å². The van der Waals surface area contributed by atoms with Crippen molar-refractivity contribution in [3.8, 4) is 0 Å². The van der Waals surface area contributed by atoms with E-state index in [2.05, 4.69) is 27.0 Å². The average molecular weight is 369 g/mol. The molecule has 1 saturated heterocycles. The molecule has 3 aliphatic rings. The van der Waals surface area contributed by atoms with Gasteiger partial charge in [-0.1, -0.05) is 19.8 Å². The van der Waals surface area contributed by atoms with E-state index >= 15 is 0 Å². The number of unbranched alkanes of at least 4 members (excludes halogenated alkanes) is 1. The van der Waals surface area contributed by atoms with Crippen molar-refractivity contribution in [2.75, 3.05) is 32.7 Å². The van der Waals surface area contributed by atoms with Gasteiger partial charge < -0.3 is 20.9 Å². The molecule has 0 aromatic carbocycles. The molecule has 25 heavy (non-hydrogen) atoms. The van der Waals surface area contributed by atoms with Crippen LogP contribution in [0.25, 0.3) is 0 Å². The van der Waals surface area contributed by atoms with Crippen molar-refractivity contribution in [1.29, 1.82) is 5.41 Å². The number of hydrogen-bond donors (Lipinski definition) is 3. The van der Waals surface area contributed by atoms with Gasteiger partial charge in [-0.2, -0.15) is 13.5 Å². The molecule has 0 aromatic rings. The molecule has 0 spiro atoms. The van der Waals surface area contributed by atoms with Crippen LogP contribution >= 0.6 is 13.5 Å². The third kappa shape index (κ3) is 5.43. The van der Waals surface area contributed by atoms with Crippen molar-refractivity contribution in [2.45, 2.75) is 57.9 Å². The van der Waals surface area contributed by atoms with Gasteiger partial charge in [-0.15, -0.1) is 0 Å². The van der Waals surface area contributed by atoms with E-state index in [-0.39, 0.29) is 13.5 Å². The van der Waals surface area contributed by atoms with Gasteiger partial charge in [0.15, 0.2) is 11.9 Å². The number of nitrogens with one attached hydrogen (secondary N) is 2. The summed E-state index contributed by atoms with van der Waals surface area (Å²) in [5, 5.41) is 10.9. The highest BCUT2D eigenvalue weighted by atomic mass is 32.1. The highest BCUT2D eigenvalue weighted by Crippen LogP contribution is 2.30. The Bertz CT molecular complexity index is 460. The van der Waals surface area contributed by atoms with Gasteiger partial charge in [-0.05, 0) is 43.9 Å².